The van der Waals surface area contributed by atoms with Crippen LogP contribution in [0.2, 0.25) is 0 Å². The first kappa shape index (κ1) is 15.5. The number of rotatable bonds is 6. The number of nitrogens with one attached hydrogen (secondary N) is 2. The summed E-state index contributed by atoms with van der Waals surface area (Å²) in [5, 5.41) is 13.3. The Balaban J connectivity index is 2.34. The van der Waals surface area contributed by atoms with Crippen molar-refractivity contribution in [3.63, 3.8) is 0 Å². The molecule has 1 unspecified atom stereocenters. The van der Waals surface area contributed by atoms with E-state index in [4.69, 9.17) is 9.84 Å². The Labute approximate surface area is 115 Å². The van der Waals surface area contributed by atoms with Crippen LogP contribution in [0.3, 0.4) is 0 Å². The van der Waals surface area contributed by atoms with Gasteiger partial charge in [0.2, 0.25) is 5.91 Å². The van der Waals surface area contributed by atoms with Gasteiger partial charge in [0.1, 0.15) is 12.6 Å². The molecule has 108 valence electrons. The second kappa shape index (κ2) is 7.78. The summed E-state index contributed by atoms with van der Waals surface area (Å²) in [5.41, 5.74) is 0.819. The molecule has 0 spiro atoms. The molecular weight excluding hydrogens is 264 g/mol. The van der Waals surface area contributed by atoms with Crippen LogP contribution in [0.5, 0.6) is 0 Å². The van der Waals surface area contributed by atoms with Crippen molar-refractivity contribution in [3.8, 4) is 0 Å². The minimum absolute atomic E-state index is 0.0878. The van der Waals surface area contributed by atoms with Gasteiger partial charge in [-0.05, 0) is 5.56 Å². The molecule has 0 aliphatic carbocycles. The number of hydrogen-bond acceptors (Lipinski definition) is 4. The molecule has 2 amide bonds. The van der Waals surface area contributed by atoms with Crippen LogP contribution in [0, 0.1) is 0 Å². The molecule has 1 rings (SSSR count). The predicted molar refractivity (Wildman–Crippen MR) is 69.9 cm³/mol. The van der Waals surface area contributed by atoms with E-state index in [-0.39, 0.29) is 13.2 Å². The van der Waals surface area contributed by atoms with E-state index < -0.39 is 24.0 Å². The van der Waals surface area contributed by atoms with Crippen LogP contribution >= 0.6 is 0 Å². The van der Waals surface area contributed by atoms with Gasteiger partial charge in [-0.1, -0.05) is 30.3 Å². The van der Waals surface area contributed by atoms with E-state index >= 15 is 0 Å². The van der Waals surface area contributed by atoms with E-state index in [0.717, 1.165) is 5.56 Å². The van der Waals surface area contributed by atoms with E-state index in [1.165, 1.54) is 6.92 Å². The number of carbonyl (C=O) groups excluding carboxylic acids is 2. The minimum atomic E-state index is -1.23. The minimum Gasteiger partial charge on any atom is -0.480 e. The lowest BCUT2D eigenvalue weighted by Gasteiger charge is -2.14. The number of carboxylic acid groups (broad SMARTS) is 1. The van der Waals surface area contributed by atoms with Crippen LogP contribution in [-0.4, -0.2) is 35.7 Å². The molecule has 0 aromatic heterocycles. The van der Waals surface area contributed by atoms with Crippen molar-refractivity contribution in [1.29, 1.82) is 0 Å². The van der Waals surface area contributed by atoms with Gasteiger partial charge in [0, 0.05) is 6.92 Å². The summed E-state index contributed by atoms with van der Waals surface area (Å²) >= 11 is 0. The Morgan fingerprint density at radius 1 is 1.25 bits per heavy atom. The number of ether oxygens (including phenoxy) is 1. The van der Waals surface area contributed by atoms with Gasteiger partial charge >= 0.3 is 12.1 Å². The standard InChI is InChI=1S/C13H16N2O5/c1-9(16)15-11(12(17)18)7-14-13(19)20-8-10-5-3-2-4-6-10/h2-6,11H,7-8H2,1H3,(H,14,19)(H,15,16)(H,17,18). The summed E-state index contributed by atoms with van der Waals surface area (Å²) in [7, 11) is 0. The lowest BCUT2D eigenvalue weighted by Crippen LogP contribution is -2.47. The first-order valence-corrected chi connectivity index (χ1v) is 5.93. The van der Waals surface area contributed by atoms with Crippen molar-refractivity contribution >= 4 is 18.0 Å². The summed E-state index contributed by atoms with van der Waals surface area (Å²) in [4.78, 5) is 33.0. The SMILES string of the molecule is CC(=O)NC(CNC(=O)OCc1ccccc1)C(=O)O. The first-order chi connectivity index (χ1) is 9.49. The third-order valence-corrected chi connectivity index (χ3v) is 2.34. The number of hydrogen-bond donors (Lipinski definition) is 3. The molecule has 3 N–H and O–H groups in total. The van der Waals surface area contributed by atoms with Crippen LogP contribution in [0.4, 0.5) is 4.79 Å². The monoisotopic (exact) mass is 280 g/mol. The van der Waals surface area contributed by atoms with Gasteiger partial charge in [-0.3, -0.25) is 4.79 Å². The van der Waals surface area contributed by atoms with Gasteiger partial charge in [0.15, 0.2) is 0 Å². The maximum Gasteiger partial charge on any atom is 0.407 e. The van der Waals surface area contributed by atoms with E-state index in [2.05, 4.69) is 10.6 Å². The van der Waals surface area contributed by atoms with Gasteiger partial charge in [-0.2, -0.15) is 0 Å². The number of carboxylic acids is 1. The van der Waals surface area contributed by atoms with Crippen LogP contribution in [-0.2, 0) is 20.9 Å². The van der Waals surface area contributed by atoms with E-state index in [1.807, 2.05) is 18.2 Å². The Morgan fingerprint density at radius 2 is 1.90 bits per heavy atom. The Kier molecular flexibility index (Phi) is 6.02. The molecule has 1 atom stereocenters. The third kappa shape index (κ3) is 5.85. The lowest BCUT2D eigenvalue weighted by atomic mass is 10.2. The quantitative estimate of drug-likeness (QED) is 0.704. The summed E-state index contributed by atoms with van der Waals surface area (Å²) in [6.45, 7) is 1.04. The smallest absolute Gasteiger partial charge is 0.407 e. The van der Waals surface area contributed by atoms with Crippen LogP contribution in [0.15, 0.2) is 30.3 Å². The zero-order chi connectivity index (χ0) is 15.0. The van der Waals surface area contributed by atoms with Crippen LogP contribution < -0.4 is 10.6 Å². The van der Waals surface area contributed by atoms with Gasteiger partial charge in [0.05, 0.1) is 6.54 Å². The number of amides is 2. The largest absolute Gasteiger partial charge is 0.480 e. The number of aliphatic carboxylic acids is 1. The Hall–Kier alpha value is -2.57. The normalized spacial score (nSPS) is 11.2. The predicted octanol–water partition coefficient (Wildman–Crippen LogP) is 0.502. The average molecular weight is 280 g/mol. The lowest BCUT2D eigenvalue weighted by molar-refractivity contribution is -0.141. The Bertz CT molecular complexity index is 475. The summed E-state index contributed by atoms with van der Waals surface area (Å²) in [6.07, 6.45) is -0.745. The van der Waals surface area contributed by atoms with Gasteiger partial charge in [0.25, 0.3) is 0 Å². The van der Waals surface area contributed by atoms with Crippen molar-refractivity contribution in [3.05, 3.63) is 35.9 Å². The van der Waals surface area contributed by atoms with Crippen molar-refractivity contribution in [2.45, 2.75) is 19.6 Å². The average Bonchev–Trinajstić information content (AvgIpc) is 2.41. The topological polar surface area (TPSA) is 105 Å². The third-order valence-electron chi connectivity index (χ3n) is 2.34. The second-order valence-electron chi connectivity index (χ2n) is 4.03. The molecule has 0 aliphatic rings. The highest BCUT2D eigenvalue weighted by Crippen LogP contribution is 2.00. The number of benzene rings is 1. The maximum atomic E-state index is 11.4. The molecule has 1 aromatic rings. The van der Waals surface area contributed by atoms with Crippen molar-refractivity contribution < 1.29 is 24.2 Å². The maximum absolute atomic E-state index is 11.4. The highest BCUT2D eigenvalue weighted by molar-refractivity contribution is 5.82. The zero-order valence-corrected chi connectivity index (χ0v) is 11.0. The van der Waals surface area contributed by atoms with E-state index in [0.29, 0.717) is 0 Å². The molecule has 0 heterocycles. The molecule has 7 heteroatoms. The second-order valence-corrected chi connectivity index (χ2v) is 4.03. The highest BCUT2D eigenvalue weighted by atomic mass is 16.5. The van der Waals surface area contributed by atoms with Gasteiger partial charge in [-0.25, -0.2) is 9.59 Å². The van der Waals surface area contributed by atoms with Crippen LogP contribution in [0.1, 0.15) is 12.5 Å². The molecule has 1 aromatic carbocycles. The van der Waals surface area contributed by atoms with Crippen molar-refractivity contribution in [1.82, 2.24) is 10.6 Å². The number of carbonyl (C=O) groups is 3. The fourth-order valence-electron chi connectivity index (χ4n) is 1.40. The first-order valence-electron chi connectivity index (χ1n) is 5.93. The molecule has 0 aliphatic heterocycles. The molecule has 0 bridgehead atoms. The molecule has 7 nitrogen and oxygen atoms in total. The fourth-order valence-corrected chi connectivity index (χ4v) is 1.40. The molecule has 0 fully saturated rings. The van der Waals surface area contributed by atoms with E-state index in [1.54, 1.807) is 12.1 Å². The summed E-state index contributed by atoms with van der Waals surface area (Å²) in [5.74, 6) is -1.72. The van der Waals surface area contributed by atoms with Gasteiger partial charge < -0.3 is 20.5 Å². The summed E-state index contributed by atoms with van der Waals surface area (Å²) in [6, 6.07) is 7.88. The molecule has 0 saturated heterocycles. The molecular formula is C13H16N2O5. The fraction of sp³-hybridized carbons (Fsp3) is 0.308. The molecule has 20 heavy (non-hydrogen) atoms. The zero-order valence-electron chi connectivity index (χ0n) is 11.0. The number of alkyl carbamates (subject to hydrolysis) is 1. The molecule has 0 saturated carbocycles. The van der Waals surface area contributed by atoms with Crippen molar-refractivity contribution in [2.24, 2.45) is 0 Å². The van der Waals surface area contributed by atoms with E-state index in [9.17, 15) is 14.4 Å². The van der Waals surface area contributed by atoms with Crippen molar-refractivity contribution in [2.75, 3.05) is 6.54 Å². The van der Waals surface area contributed by atoms with Crippen LogP contribution in [0.25, 0.3) is 0 Å². The summed E-state index contributed by atoms with van der Waals surface area (Å²) < 4.78 is 4.91. The van der Waals surface area contributed by atoms with Gasteiger partial charge in [-0.15, -0.1) is 0 Å². The molecule has 0 radical (unpaired) electrons. The Morgan fingerprint density at radius 3 is 2.45 bits per heavy atom. The highest BCUT2D eigenvalue weighted by Gasteiger charge is 2.19.